The van der Waals surface area contributed by atoms with Crippen molar-refractivity contribution in [3.8, 4) is 0 Å². The smallest absolute Gasteiger partial charge is 0.336 e. The van der Waals surface area contributed by atoms with Crippen LogP contribution in [-0.2, 0) is 4.79 Å². The first-order chi connectivity index (χ1) is 8.68. The summed E-state index contributed by atoms with van der Waals surface area (Å²) >= 11 is 0. The summed E-state index contributed by atoms with van der Waals surface area (Å²) in [5, 5.41) is 9.18. The van der Waals surface area contributed by atoms with Crippen LogP contribution in [0.2, 0.25) is 0 Å². The molecule has 0 atom stereocenters. The van der Waals surface area contributed by atoms with Crippen LogP contribution < -0.4 is 0 Å². The lowest BCUT2D eigenvalue weighted by atomic mass is 10.0. The monoisotopic (exact) mass is 242 g/mol. The third-order valence-corrected chi connectivity index (χ3v) is 2.51. The first-order valence-corrected chi connectivity index (χ1v) is 5.43. The van der Waals surface area contributed by atoms with Crippen molar-refractivity contribution in [3.05, 3.63) is 71.5 Å². The molecule has 0 saturated carbocycles. The van der Waals surface area contributed by atoms with Crippen LogP contribution in [0.25, 0.3) is 11.6 Å². The molecular weight excluding hydrogens is 231 g/mol. The number of benzene rings is 2. The fourth-order valence-electron chi connectivity index (χ4n) is 1.65. The molecule has 0 aliphatic heterocycles. The lowest BCUT2D eigenvalue weighted by Crippen LogP contribution is -2.01. The highest BCUT2D eigenvalue weighted by molar-refractivity contribution is 6.20. The van der Waals surface area contributed by atoms with Gasteiger partial charge in [-0.25, -0.2) is 9.18 Å². The van der Waals surface area contributed by atoms with Gasteiger partial charge in [-0.05, 0) is 17.7 Å². The van der Waals surface area contributed by atoms with Crippen LogP contribution in [0, 0.1) is 5.82 Å². The minimum Gasteiger partial charge on any atom is -0.478 e. The van der Waals surface area contributed by atoms with E-state index >= 15 is 0 Å². The van der Waals surface area contributed by atoms with Crippen LogP contribution in [0.15, 0.2) is 54.6 Å². The van der Waals surface area contributed by atoms with Crippen molar-refractivity contribution >= 4 is 17.6 Å². The normalized spacial score (nSPS) is 11.3. The molecule has 2 rings (SSSR count). The van der Waals surface area contributed by atoms with Gasteiger partial charge in [-0.1, -0.05) is 48.5 Å². The summed E-state index contributed by atoms with van der Waals surface area (Å²) < 4.78 is 13.6. The van der Waals surface area contributed by atoms with Gasteiger partial charge in [0.25, 0.3) is 0 Å². The molecule has 3 heteroatoms. The summed E-state index contributed by atoms with van der Waals surface area (Å²) in [4.78, 5) is 11.2. The highest BCUT2D eigenvalue weighted by atomic mass is 19.1. The molecule has 0 radical (unpaired) electrons. The van der Waals surface area contributed by atoms with Crippen molar-refractivity contribution in [3.63, 3.8) is 0 Å². The van der Waals surface area contributed by atoms with E-state index in [1.807, 2.05) is 6.07 Å². The van der Waals surface area contributed by atoms with Crippen molar-refractivity contribution in [2.75, 3.05) is 0 Å². The summed E-state index contributed by atoms with van der Waals surface area (Å²) in [6, 6.07) is 14.8. The van der Waals surface area contributed by atoms with E-state index in [4.69, 9.17) is 0 Å². The van der Waals surface area contributed by atoms with Gasteiger partial charge in [-0.15, -0.1) is 0 Å². The first kappa shape index (κ1) is 12.0. The van der Waals surface area contributed by atoms with Gasteiger partial charge in [0.15, 0.2) is 0 Å². The first-order valence-electron chi connectivity index (χ1n) is 5.43. The SMILES string of the molecule is O=C(O)/C(=C/c1ccccc1)c1ccccc1F. The fourth-order valence-corrected chi connectivity index (χ4v) is 1.65. The van der Waals surface area contributed by atoms with Crippen molar-refractivity contribution in [1.82, 2.24) is 0 Å². The highest BCUT2D eigenvalue weighted by Crippen LogP contribution is 2.21. The molecule has 0 aliphatic carbocycles. The Hall–Kier alpha value is -2.42. The van der Waals surface area contributed by atoms with E-state index in [2.05, 4.69) is 0 Å². The Labute approximate surface area is 104 Å². The maximum absolute atomic E-state index is 13.6. The minimum atomic E-state index is -1.15. The Bertz CT molecular complexity index is 588. The van der Waals surface area contributed by atoms with E-state index in [1.54, 1.807) is 30.3 Å². The standard InChI is InChI=1S/C15H11FO2/c16-14-9-5-4-8-12(14)13(15(17)18)10-11-6-2-1-3-7-11/h1-10H,(H,17,18)/b13-10+. The summed E-state index contributed by atoms with van der Waals surface area (Å²) in [6.45, 7) is 0. The molecule has 18 heavy (non-hydrogen) atoms. The van der Waals surface area contributed by atoms with Crippen LogP contribution in [0.1, 0.15) is 11.1 Å². The molecule has 0 bridgehead atoms. The maximum atomic E-state index is 13.6. The molecule has 0 fully saturated rings. The van der Waals surface area contributed by atoms with E-state index in [0.717, 1.165) is 5.56 Å². The molecular formula is C15H11FO2. The number of aliphatic carboxylic acids is 1. The summed E-state index contributed by atoms with van der Waals surface area (Å²) in [7, 11) is 0. The van der Waals surface area contributed by atoms with Gasteiger partial charge >= 0.3 is 5.97 Å². The molecule has 0 unspecified atom stereocenters. The molecule has 0 amide bonds. The number of halogens is 1. The van der Waals surface area contributed by atoms with Gasteiger partial charge in [-0.2, -0.15) is 0 Å². The molecule has 2 aromatic carbocycles. The largest absolute Gasteiger partial charge is 0.478 e. The topological polar surface area (TPSA) is 37.3 Å². The Balaban J connectivity index is 2.51. The summed E-state index contributed by atoms with van der Waals surface area (Å²) in [5.41, 5.74) is 0.756. The molecule has 2 nitrogen and oxygen atoms in total. The van der Waals surface area contributed by atoms with Crippen molar-refractivity contribution < 1.29 is 14.3 Å². The van der Waals surface area contributed by atoms with Crippen LogP contribution in [0.5, 0.6) is 0 Å². The molecule has 90 valence electrons. The lowest BCUT2D eigenvalue weighted by molar-refractivity contribution is -0.130. The van der Waals surface area contributed by atoms with Gasteiger partial charge in [-0.3, -0.25) is 0 Å². The molecule has 0 aromatic heterocycles. The molecule has 0 saturated heterocycles. The van der Waals surface area contributed by atoms with Crippen LogP contribution >= 0.6 is 0 Å². The zero-order chi connectivity index (χ0) is 13.0. The average molecular weight is 242 g/mol. The number of hydrogen-bond donors (Lipinski definition) is 1. The predicted molar refractivity (Wildman–Crippen MR) is 68.3 cm³/mol. The number of carboxylic acids is 1. The highest BCUT2D eigenvalue weighted by Gasteiger charge is 2.14. The Kier molecular flexibility index (Phi) is 3.53. The fraction of sp³-hybridized carbons (Fsp3) is 0. The van der Waals surface area contributed by atoms with Crippen molar-refractivity contribution in [2.45, 2.75) is 0 Å². The maximum Gasteiger partial charge on any atom is 0.336 e. The second kappa shape index (κ2) is 5.27. The second-order valence-electron chi connectivity index (χ2n) is 3.75. The van der Waals surface area contributed by atoms with Crippen LogP contribution in [0.4, 0.5) is 4.39 Å². The van der Waals surface area contributed by atoms with Gasteiger partial charge in [0.1, 0.15) is 5.82 Å². The Morgan fingerprint density at radius 3 is 2.22 bits per heavy atom. The number of carbonyl (C=O) groups is 1. The van der Waals surface area contributed by atoms with Gasteiger partial charge in [0.05, 0.1) is 5.57 Å². The third-order valence-electron chi connectivity index (χ3n) is 2.51. The Morgan fingerprint density at radius 1 is 1.00 bits per heavy atom. The number of rotatable bonds is 3. The molecule has 1 N–H and O–H groups in total. The minimum absolute atomic E-state index is 0.0562. The zero-order valence-electron chi connectivity index (χ0n) is 9.51. The Morgan fingerprint density at radius 2 is 1.61 bits per heavy atom. The van der Waals surface area contributed by atoms with E-state index in [1.165, 1.54) is 24.3 Å². The van der Waals surface area contributed by atoms with E-state index < -0.39 is 11.8 Å². The second-order valence-corrected chi connectivity index (χ2v) is 3.75. The number of carboxylic acid groups (broad SMARTS) is 1. The van der Waals surface area contributed by atoms with Gasteiger partial charge < -0.3 is 5.11 Å². The molecule has 0 aliphatic rings. The molecule has 0 spiro atoms. The summed E-state index contributed by atoms with van der Waals surface area (Å²) in [6.07, 6.45) is 1.46. The zero-order valence-corrected chi connectivity index (χ0v) is 9.51. The average Bonchev–Trinajstić information content (AvgIpc) is 2.38. The van der Waals surface area contributed by atoms with E-state index in [9.17, 15) is 14.3 Å². The molecule has 2 aromatic rings. The number of hydrogen-bond acceptors (Lipinski definition) is 1. The summed E-state index contributed by atoms with van der Waals surface area (Å²) in [5.74, 6) is -1.69. The van der Waals surface area contributed by atoms with Gasteiger partial charge in [0.2, 0.25) is 0 Å². The van der Waals surface area contributed by atoms with Crippen LogP contribution in [-0.4, -0.2) is 11.1 Å². The third kappa shape index (κ3) is 2.63. The quantitative estimate of drug-likeness (QED) is 0.661. The molecule has 0 heterocycles. The lowest BCUT2D eigenvalue weighted by Gasteiger charge is -2.04. The van der Waals surface area contributed by atoms with E-state index in [-0.39, 0.29) is 11.1 Å². The van der Waals surface area contributed by atoms with E-state index in [0.29, 0.717) is 0 Å². The van der Waals surface area contributed by atoms with Crippen molar-refractivity contribution in [1.29, 1.82) is 0 Å². The van der Waals surface area contributed by atoms with Crippen LogP contribution in [0.3, 0.4) is 0 Å². The predicted octanol–water partition coefficient (Wildman–Crippen LogP) is 3.45. The van der Waals surface area contributed by atoms with Gasteiger partial charge in [0, 0.05) is 5.56 Å². The van der Waals surface area contributed by atoms with Crippen molar-refractivity contribution in [2.24, 2.45) is 0 Å².